The number of para-hydroxylation sites is 2. The second-order valence-corrected chi connectivity index (χ2v) is 8.30. The predicted molar refractivity (Wildman–Crippen MR) is 120 cm³/mol. The molecule has 7 nitrogen and oxygen atoms in total. The molecule has 2 heterocycles. The molecule has 7 heteroatoms. The molecule has 1 N–H and O–H groups in total. The van der Waals surface area contributed by atoms with Crippen molar-refractivity contribution in [2.45, 2.75) is 24.1 Å². The zero-order valence-corrected chi connectivity index (χ0v) is 17.6. The Morgan fingerprint density at radius 3 is 2.53 bits per heavy atom. The molecule has 2 aliphatic heterocycles. The first-order valence-corrected chi connectivity index (χ1v) is 10.5. The highest BCUT2D eigenvalue weighted by atomic mass is 16.6. The zero-order valence-electron chi connectivity index (χ0n) is 17.6. The van der Waals surface area contributed by atoms with E-state index in [1.165, 1.54) is 0 Å². The molecule has 0 aliphatic carbocycles. The van der Waals surface area contributed by atoms with Gasteiger partial charge in [-0.05, 0) is 24.7 Å². The highest BCUT2D eigenvalue weighted by molar-refractivity contribution is 6.06. The Hall–Kier alpha value is -3.71. The van der Waals surface area contributed by atoms with Crippen LogP contribution in [0.3, 0.4) is 0 Å². The van der Waals surface area contributed by atoms with Crippen LogP contribution >= 0.6 is 0 Å². The van der Waals surface area contributed by atoms with Crippen LogP contribution in [0, 0.1) is 10.1 Å². The minimum atomic E-state index is -1.36. The summed E-state index contributed by atoms with van der Waals surface area (Å²) in [6.07, 6.45) is 0. The molecule has 1 amide bonds. The highest BCUT2D eigenvalue weighted by Crippen LogP contribution is 2.52. The SMILES string of the molecule is CN1C[C@H](c2ccccc2OCc2ccccc2)[C@H]([N+](=O)[O-])[C@@]12C(=O)Nc1ccccc12. The summed E-state index contributed by atoms with van der Waals surface area (Å²) in [5, 5.41) is 15.4. The van der Waals surface area contributed by atoms with E-state index >= 15 is 0 Å². The van der Waals surface area contributed by atoms with Crippen LogP contribution in [0.2, 0.25) is 0 Å². The fourth-order valence-electron chi connectivity index (χ4n) is 5.21. The lowest BCUT2D eigenvalue weighted by Gasteiger charge is -2.30. The molecule has 1 saturated heterocycles. The summed E-state index contributed by atoms with van der Waals surface area (Å²) < 4.78 is 6.10. The Bertz CT molecular complexity index is 1180. The van der Waals surface area contributed by atoms with E-state index in [1.807, 2.05) is 71.6 Å². The van der Waals surface area contributed by atoms with Gasteiger partial charge in [-0.3, -0.25) is 19.8 Å². The monoisotopic (exact) mass is 429 g/mol. The van der Waals surface area contributed by atoms with Gasteiger partial charge in [-0.2, -0.15) is 0 Å². The Labute approximate surface area is 185 Å². The van der Waals surface area contributed by atoms with E-state index in [4.69, 9.17) is 4.74 Å². The molecule has 2 aliphatic rings. The van der Waals surface area contributed by atoms with E-state index in [-0.39, 0.29) is 10.8 Å². The maximum Gasteiger partial charge on any atom is 0.256 e. The van der Waals surface area contributed by atoms with E-state index in [9.17, 15) is 14.9 Å². The van der Waals surface area contributed by atoms with Crippen LogP contribution in [-0.2, 0) is 16.9 Å². The first-order valence-electron chi connectivity index (χ1n) is 10.5. The van der Waals surface area contributed by atoms with Crippen molar-refractivity contribution in [2.24, 2.45) is 0 Å². The minimum Gasteiger partial charge on any atom is -0.489 e. The molecule has 1 fully saturated rings. The lowest BCUT2D eigenvalue weighted by Crippen LogP contribution is -2.54. The van der Waals surface area contributed by atoms with Crippen LogP contribution in [0.5, 0.6) is 5.75 Å². The van der Waals surface area contributed by atoms with Gasteiger partial charge in [-0.15, -0.1) is 0 Å². The van der Waals surface area contributed by atoms with Crippen molar-refractivity contribution in [1.29, 1.82) is 0 Å². The fraction of sp³-hybridized carbons (Fsp3) is 0.240. The van der Waals surface area contributed by atoms with Gasteiger partial charge in [0.25, 0.3) is 11.9 Å². The van der Waals surface area contributed by atoms with Gasteiger partial charge in [-0.25, -0.2) is 0 Å². The van der Waals surface area contributed by atoms with Gasteiger partial charge in [0.05, 0.1) is 5.92 Å². The third-order valence-corrected chi connectivity index (χ3v) is 6.60. The largest absolute Gasteiger partial charge is 0.489 e. The van der Waals surface area contributed by atoms with Crippen LogP contribution in [0.4, 0.5) is 5.69 Å². The molecule has 0 aromatic heterocycles. The molecule has 0 saturated carbocycles. The summed E-state index contributed by atoms with van der Waals surface area (Å²) in [6, 6.07) is 23.3. The Morgan fingerprint density at radius 1 is 1.06 bits per heavy atom. The second-order valence-electron chi connectivity index (χ2n) is 8.30. The summed E-state index contributed by atoms with van der Waals surface area (Å²) in [4.78, 5) is 27.3. The van der Waals surface area contributed by atoms with Crippen LogP contribution in [0.15, 0.2) is 78.9 Å². The van der Waals surface area contributed by atoms with Gasteiger partial charge in [0.1, 0.15) is 12.4 Å². The molecule has 3 aromatic carbocycles. The standard InChI is InChI=1S/C25H23N3O4/c1-27-15-19(18-11-5-8-14-22(18)32-16-17-9-3-2-4-10-17)23(28(30)31)25(27)20-12-6-7-13-21(20)26-24(25)29/h2-14,19,23H,15-16H2,1H3,(H,26,29)/t19-,23+,25+/m1/s1. The number of amides is 1. The fourth-order valence-corrected chi connectivity index (χ4v) is 5.21. The topological polar surface area (TPSA) is 84.7 Å². The van der Waals surface area contributed by atoms with E-state index in [0.717, 1.165) is 11.1 Å². The van der Waals surface area contributed by atoms with Gasteiger partial charge < -0.3 is 10.1 Å². The number of nitrogens with one attached hydrogen (secondary N) is 1. The number of fused-ring (bicyclic) bond motifs is 2. The number of hydrogen-bond donors (Lipinski definition) is 1. The summed E-state index contributed by atoms with van der Waals surface area (Å²) in [7, 11) is 1.78. The van der Waals surface area contributed by atoms with Crippen LogP contribution in [0.25, 0.3) is 0 Å². The quantitative estimate of drug-likeness (QED) is 0.493. The lowest BCUT2D eigenvalue weighted by atomic mass is 9.79. The highest BCUT2D eigenvalue weighted by Gasteiger charge is 2.68. The van der Waals surface area contributed by atoms with Crippen molar-refractivity contribution in [3.05, 3.63) is 106 Å². The summed E-state index contributed by atoms with van der Waals surface area (Å²) >= 11 is 0. The maximum absolute atomic E-state index is 13.3. The van der Waals surface area contributed by atoms with Crippen molar-refractivity contribution in [3.63, 3.8) is 0 Å². The number of likely N-dealkylation sites (N-methyl/N-ethyl adjacent to an activating group) is 1. The third kappa shape index (κ3) is 2.97. The molecule has 0 bridgehead atoms. The Kier molecular flexibility index (Phi) is 4.90. The number of carbonyl (C=O) groups is 1. The van der Waals surface area contributed by atoms with Crippen LogP contribution < -0.4 is 10.1 Å². The first-order chi connectivity index (χ1) is 15.5. The average molecular weight is 429 g/mol. The Balaban J connectivity index is 1.56. The molecule has 3 atom stereocenters. The molecular formula is C25H23N3O4. The number of rotatable bonds is 5. The van der Waals surface area contributed by atoms with Crippen LogP contribution in [0.1, 0.15) is 22.6 Å². The molecule has 162 valence electrons. The van der Waals surface area contributed by atoms with Gasteiger partial charge in [-0.1, -0.05) is 66.7 Å². The molecular weight excluding hydrogens is 406 g/mol. The second kappa shape index (κ2) is 7.76. The van der Waals surface area contributed by atoms with E-state index in [0.29, 0.717) is 30.2 Å². The normalized spacial score (nSPS) is 24.3. The molecule has 3 aromatic rings. The molecule has 0 radical (unpaired) electrons. The van der Waals surface area contributed by atoms with Gasteiger partial charge >= 0.3 is 0 Å². The molecule has 5 rings (SSSR count). The van der Waals surface area contributed by atoms with Crippen molar-refractivity contribution in [2.75, 3.05) is 18.9 Å². The summed E-state index contributed by atoms with van der Waals surface area (Å²) in [6.45, 7) is 0.719. The summed E-state index contributed by atoms with van der Waals surface area (Å²) in [5.41, 5.74) is 1.67. The number of likely N-dealkylation sites (tertiary alicyclic amines) is 1. The third-order valence-electron chi connectivity index (χ3n) is 6.60. The zero-order chi connectivity index (χ0) is 22.3. The predicted octanol–water partition coefficient (Wildman–Crippen LogP) is 3.79. The van der Waals surface area contributed by atoms with Gasteiger partial charge in [0.15, 0.2) is 5.54 Å². The van der Waals surface area contributed by atoms with E-state index in [2.05, 4.69) is 5.32 Å². The maximum atomic E-state index is 13.3. The Morgan fingerprint density at radius 2 is 1.75 bits per heavy atom. The van der Waals surface area contributed by atoms with Gasteiger partial charge in [0.2, 0.25) is 0 Å². The number of anilines is 1. The number of nitrogens with zero attached hydrogens (tertiary/aromatic N) is 2. The summed E-state index contributed by atoms with van der Waals surface area (Å²) in [5.74, 6) is -0.266. The van der Waals surface area contributed by atoms with Crippen molar-refractivity contribution in [1.82, 2.24) is 4.90 Å². The number of nitro groups is 1. The van der Waals surface area contributed by atoms with Crippen molar-refractivity contribution < 1.29 is 14.5 Å². The number of hydrogen-bond acceptors (Lipinski definition) is 5. The average Bonchev–Trinajstić information content (AvgIpc) is 3.28. The molecule has 0 unspecified atom stereocenters. The minimum absolute atomic E-state index is 0.302. The van der Waals surface area contributed by atoms with E-state index in [1.54, 1.807) is 19.2 Å². The van der Waals surface area contributed by atoms with E-state index < -0.39 is 17.5 Å². The molecule has 32 heavy (non-hydrogen) atoms. The molecule has 1 spiro atoms. The number of benzene rings is 3. The number of carbonyl (C=O) groups excluding carboxylic acids is 1. The number of ether oxygens (including phenoxy) is 1. The van der Waals surface area contributed by atoms with Crippen LogP contribution in [-0.4, -0.2) is 35.4 Å². The van der Waals surface area contributed by atoms with Crippen molar-refractivity contribution in [3.8, 4) is 5.75 Å². The smallest absolute Gasteiger partial charge is 0.256 e. The van der Waals surface area contributed by atoms with Gasteiger partial charge in [0, 0.05) is 28.3 Å². The lowest BCUT2D eigenvalue weighted by molar-refractivity contribution is -0.534. The van der Waals surface area contributed by atoms with Crippen molar-refractivity contribution >= 4 is 11.6 Å². The first kappa shape index (κ1) is 20.2.